The van der Waals surface area contributed by atoms with E-state index in [1.807, 2.05) is 13.8 Å². The zero-order valence-electron chi connectivity index (χ0n) is 29.4. The number of rotatable bonds is 30. The Balaban J connectivity index is 2.87. The van der Waals surface area contributed by atoms with Crippen molar-refractivity contribution in [2.45, 2.75) is 118 Å². The molecule has 2 N–H and O–H groups in total. The molecule has 0 amide bonds. The monoisotopic (exact) mass is 654 g/mol. The van der Waals surface area contributed by atoms with Crippen LogP contribution in [0.5, 0.6) is 0 Å². The van der Waals surface area contributed by atoms with Crippen molar-refractivity contribution in [3.63, 3.8) is 0 Å². The van der Waals surface area contributed by atoms with Gasteiger partial charge in [-0.3, -0.25) is 0 Å². The highest BCUT2D eigenvalue weighted by Crippen LogP contribution is 2.23. The van der Waals surface area contributed by atoms with Gasteiger partial charge in [0.15, 0.2) is 12.6 Å². The first-order chi connectivity index (χ1) is 22.3. The first kappa shape index (κ1) is 41.9. The number of carboxylic acids is 2. The molecule has 10 nitrogen and oxygen atoms in total. The van der Waals surface area contributed by atoms with Crippen molar-refractivity contribution < 1.29 is 48.2 Å². The number of carbonyl (C=O) groups is 2. The highest BCUT2D eigenvalue weighted by Gasteiger charge is 2.23. The first-order valence-electron chi connectivity index (χ1n) is 17.5. The second-order valence-electron chi connectivity index (χ2n) is 11.7. The summed E-state index contributed by atoms with van der Waals surface area (Å²) in [5.74, 6) is -1.65. The Kier molecular flexibility index (Phi) is 23.7. The number of aromatic carboxylic acids is 2. The Morgan fingerprint density at radius 3 is 1.57 bits per heavy atom. The van der Waals surface area contributed by atoms with E-state index >= 15 is 0 Å². The highest BCUT2D eigenvalue weighted by atomic mass is 16.7. The molecule has 0 aliphatic rings. The molecule has 0 spiro atoms. The second-order valence-corrected chi connectivity index (χ2v) is 11.7. The lowest BCUT2D eigenvalue weighted by molar-refractivity contribution is -0.176. The van der Waals surface area contributed by atoms with Crippen molar-refractivity contribution in [2.75, 3.05) is 52.9 Å². The molecular formula is C36H62O10. The Morgan fingerprint density at radius 1 is 0.652 bits per heavy atom. The van der Waals surface area contributed by atoms with Gasteiger partial charge in [0.2, 0.25) is 0 Å². The maximum Gasteiger partial charge on any atom is 0.336 e. The molecule has 0 heterocycles. The quantitative estimate of drug-likeness (QED) is 0.0640. The topological polar surface area (TPSA) is 130 Å². The van der Waals surface area contributed by atoms with Crippen LogP contribution in [0.1, 0.15) is 125 Å². The molecule has 4 unspecified atom stereocenters. The van der Waals surface area contributed by atoms with Crippen LogP contribution in [0.4, 0.5) is 0 Å². The summed E-state index contributed by atoms with van der Waals surface area (Å²) in [4.78, 5) is 24.2. The van der Waals surface area contributed by atoms with Gasteiger partial charge >= 0.3 is 11.9 Å². The van der Waals surface area contributed by atoms with Gasteiger partial charge in [-0.1, -0.05) is 72.3 Å². The molecule has 0 aliphatic heterocycles. The molecule has 0 saturated heterocycles. The van der Waals surface area contributed by atoms with Gasteiger partial charge in [0.1, 0.15) is 0 Å². The van der Waals surface area contributed by atoms with Crippen LogP contribution in [0.15, 0.2) is 12.1 Å². The van der Waals surface area contributed by atoms with E-state index in [1.54, 1.807) is 6.07 Å². The lowest BCUT2D eigenvalue weighted by Crippen LogP contribution is -2.27. The van der Waals surface area contributed by atoms with Crippen LogP contribution in [0, 0.1) is 11.8 Å². The minimum Gasteiger partial charge on any atom is -0.478 e. The van der Waals surface area contributed by atoms with Gasteiger partial charge < -0.3 is 38.6 Å². The van der Waals surface area contributed by atoms with E-state index in [0.29, 0.717) is 55.8 Å². The zero-order valence-corrected chi connectivity index (χ0v) is 29.4. The normalized spacial score (nSPS) is 14.2. The SMILES string of the molecule is CCCCC(CC)COC(COCCc1ccc(C(=O)O)c(C(=O)O)c1CCOCC(OCC)OCC(CC)CCCC)OCC. The van der Waals surface area contributed by atoms with Crippen LogP contribution in [-0.4, -0.2) is 87.6 Å². The van der Waals surface area contributed by atoms with Crippen LogP contribution in [0.3, 0.4) is 0 Å². The van der Waals surface area contributed by atoms with Gasteiger partial charge in [-0.15, -0.1) is 0 Å². The molecule has 46 heavy (non-hydrogen) atoms. The van der Waals surface area contributed by atoms with E-state index < -0.39 is 24.5 Å². The molecule has 266 valence electrons. The van der Waals surface area contributed by atoms with Gasteiger partial charge in [0, 0.05) is 13.2 Å². The average molecular weight is 655 g/mol. The maximum absolute atomic E-state index is 12.3. The number of hydrogen-bond donors (Lipinski definition) is 2. The standard InChI is InChI=1S/C36H62O10/c1-7-13-15-27(9-3)23-45-32(43-11-5)25-41-21-19-29-17-18-31(35(37)38)34(36(39)40)30(29)20-22-42-26-33(44-12-6)46-24-28(10-4)16-14-8-2/h17-18,27-28,32-33H,7-16,19-26H2,1-6H3,(H,37,38)(H,39,40). The van der Waals surface area contributed by atoms with Crippen molar-refractivity contribution in [2.24, 2.45) is 11.8 Å². The van der Waals surface area contributed by atoms with Crippen molar-refractivity contribution in [3.8, 4) is 0 Å². The summed E-state index contributed by atoms with van der Waals surface area (Å²) < 4.78 is 35.3. The van der Waals surface area contributed by atoms with Gasteiger partial charge in [-0.05, 0) is 68.6 Å². The van der Waals surface area contributed by atoms with Crippen LogP contribution in [-0.2, 0) is 41.3 Å². The predicted octanol–water partition coefficient (Wildman–Crippen LogP) is 7.39. The van der Waals surface area contributed by atoms with E-state index in [9.17, 15) is 19.8 Å². The van der Waals surface area contributed by atoms with Crippen molar-refractivity contribution in [3.05, 3.63) is 34.4 Å². The lowest BCUT2D eigenvalue weighted by Gasteiger charge is -2.22. The van der Waals surface area contributed by atoms with E-state index in [4.69, 9.17) is 28.4 Å². The third-order valence-electron chi connectivity index (χ3n) is 8.20. The fourth-order valence-corrected chi connectivity index (χ4v) is 5.29. The fraction of sp³-hybridized carbons (Fsp3) is 0.778. The molecule has 10 heteroatoms. The summed E-state index contributed by atoms with van der Waals surface area (Å²) in [6.07, 6.45) is 8.51. The molecule has 0 radical (unpaired) electrons. The molecule has 0 fully saturated rings. The summed E-state index contributed by atoms with van der Waals surface area (Å²) in [5, 5.41) is 19.7. The molecule has 1 rings (SSSR count). The molecule has 4 atom stereocenters. The van der Waals surface area contributed by atoms with Crippen molar-refractivity contribution >= 4 is 11.9 Å². The third-order valence-corrected chi connectivity index (χ3v) is 8.20. The van der Waals surface area contributed by atoms with E-state index in [1.165, 1.54) is 12.5 Å². The summed E-state index contributed by atoms with van der Waals surface area (Å²) >= 11 is 0. The Hall–Kier alpha value is -2.08. The van der Waals surface area contributed by atoms with Crippen LogP contribution >= 0.6 is 0 Å². The summed E-state index contributed by atoms with van der Waals surface area (Å²) in [5.41, 5.74) is 0.652. The van der Waals surface area contributed by atoms with Gasteiger partial charge in [0.05, 0.1) is 50.8 Å². The summed E-state index contributed by atoms with van der Waals surface area (Å²) in [7, 11) is 0. The molecule has 0 saturated carbocycles. The summed E-state index contributed by atoms with van der Waals surface area (Å²) in [6.45, 7) is 15.6. The van der Waals surface area contributed by atoms with E-state index in [0.717, 1.165) is 44.9 Å². The Morgan fingerprint density at radius 2 is 1.15 bits per heavy atom. The molecule has 1 aromatic rings. The van der Waals surface area contributed by atoms with Crippen molar-refractivity contribution in [1.29, 1.82) is 0 Å². The van der Waals surface area contributed by atoms with Gasteiger partial charge in [0.25, 0.3) is 0 Å². The third kappa shape index (κ3) is 16.7. The highest BCUT2D eigenvalue weighted by molar-refractivity contribution is 6.03. The zero-order chi connectivity index (χ0) is 34.2. The molecule has 1 aromatic carbocycles. The maximum atomic E-state index is 12.3. The van der Waals surface area contributed by atoms with Gasteiger partial charge in [-0.25, -0.2) is 9.59 Å². The minimum absolute atomic E-state index is 0.175. The minimum atomic E-state index is -1.29. The fourth-order valence-electron chi connectivity index (χ4n) is 5.29. The Labute approximate surface area is 277 Å². The first-order valence-corrected chi connectivity index (χ1v) is 17.5. The Bertz CT molecular complexity index is 953. The van der Waals surface area contributed by atoms with Crippen LogP contribution in [0.2, 0.25) is 0 Å². The van der Waals surface area contributed by atoms with E-state index in [2.05, 4.69) is 27.7 Å². The average Bonchev–Trinajstić information content (AvgIpc) is 3.04. The molecule has 0 bridgehead atoms. The van der Waals surface area contributed by atoms with E-state index in [-0.39, 0.29) is 44.0 Å². The molecule has 0 aliphatic carbocycles. The lowest BCUT2D eigenvalue weighted by atomic mass is 9.92. The van der Waals surface area contributed by atoms with Crippen molar-refractivity contribution in [1.82, 2.24) is 0 Å². The number of hydrogen-bond acceptors (Lipinski definition) is 8. The molecular weight excluding hydrogens is 592 g/mol. The number of unbranched alkanes of at least 4 members (excludes halogenated alkanes) is 2. The number of benzene rings is 1. The number of carboxylic acid groups (broad SMARTS) is 2. The van der Waals surface area contributed by atoms with Crippen LogP contribution in [0.25, 0.3) is 0 Å². The van der Waals surface area contributed by atoms with Gasteiger partial charge in [-0.2, -0.15) is 0 Å². The number of ether oxygens (including phenoxy) is 6. The van der Waals surface area contributed by atoms with Crippen LogP contribution < -0.4 is 0 Å². The second kappa shape index (κ2) is 25.9. The largest absolute Gasteiger partial charge is 0.478 e. The summed E-state index contributed by atoms with van der Waals surface area (Å²) in [6, 6.07) is 3.01. The predicted molar refractivity (Wildman–Crippen MR) is 179 cm³/mol. The molecule has 0 aromatic heterocycles. The smallest absolute Gasteiger partial charge is 0.336 e.